The Kier molecular flexibility index (Phi) is 4.82. The Bertz CT molecular complexity index is 278. The largest absolute Gasteiger partial charge is 0.465 e. The van der Waals surface area contributed by atoms with Crippen LogP contribution in [0.25, 0.3) is 0 Å². The summed E-state index contributed by atoms with van der Waals surface area (Å²) >= 11 is 0. The summed E-state index contributed by atoms with van der Waals surface area (Å²) in [5, 5.41) is 3.12. The van der Waals surface area contributed by atoms with Crippen LogP contribution in [0.15, 0.2) is 0 Å². The Hall–Kier alpha value is -1.01. The predicted octanol–water partition coefficient (Wildman–Crippen LogP) is 1.72. The van der Waals surface area contributed by atoms with Gasteiger partial charge in [0.1, 0.15) is 5.54 Å². The zero-order valence-electron chi connectivity index (χ0n) is 10.2. The molecule has 1 fully saturated rings. The molecule has 1 N–H and O–H groups in total. The number of nitrogens with one attached hydrogen (secondary N) is 1. The van der Waals surface area contributed by atoms with Crippen molar-refractivity contribution in [3.05, 3.63) is 0 Å². The number of esters is 1. The lowest BCUT2D eigenvalue weighted by molar-refractivity contribution is -0.151. The Balaban J connectivity index is 2.58. The van der Waals surface area contributed by atoms with Crippen LogP contribution in [-0.4, -0.2) is 24.7 Å². The number of carbonyl (C=O) groups is 1. The van der Waals surface area contributed by atoms with Crippen LogP contribution < -0.4 is 5.32 Å². The highest BCUT2D eigenvalue weighted by Gasteiger charge is 2.37. The fourth-order valence-corrected chi connectivity index (χ4v) is 2.04. The maximum Gasteiger partial charge on any atom is 0.326 e. The lowest BCUT2D eigenvalue weighted by Crippen LogP contribution is -2.52. The van der Waals surface area contributed by atoms with E-state index in [1.807, 2.05) is 13.8 Å². The molecular formula is C13H21NO2. The molecule has 90 valence electrons. The molecule has 1 unspecified atom stereocenters. The number of ether oxygens (including phenoxy) is 1. The fourth-order valence-electron chi connectivity index (χ4n) is 2.04. The fraction of sp³-hybridized carbons (Fsp3) is 0.769. The molecule has 3 nitrogen and oxygen atoms in total. The van der Waals surface area contributed by atoms with Crippen LogP contribution in [0.3, 0.4) is 0 Å². The van der Waals surface area contributed by atoms with Gasteiger partial charge in [0, 0.05) is 0 Å². The molecular weight excluding hydrogens is 202 g/mol. The molecule has 1 aliphatic rings. The third kappa shape index (κ3) is 3.24. The minimum atomic E-state index is -0.618. The third-order valence-corrected chi connectivity index (χ3v) is 3.23. The van der Waals surface area contributed by atoms with Gasteiger partial charge >= 0.3 is 5.97 Å². The summed E-state index contributed by atoms with van der Waals surface area (Å²) in [6.07, 6.45) is 9.76. The SMILES string of the molecule is C#CCNC(C)(CC1CCC1)C(=O)OCC. The van der Waals surface area contributed by atoms with E-state index < -0.39 is 5.54 Å². The first-order chi connectivity index (χ1) is 7.62. The Labute approximate surface area is 97.9 Å². The Morgan fingerprint density at radius 3 is 2.75 bits per heavy atom. The third-order valence-electron chi connectivity index (χ3n) is 3.23. The second-order valence-corrected chi connectivity index (χ2v) is 4.61. The van der Waals surface area contributed by atoms with Gasteiger partial charge in [-0.25, -0.2) is 0 Å². The molecule has 1 atom stereocenters. The normalized spacial score (nSPS) is 19.3. The van der Waals surface area contributed by atoms with E-state index in [-0.39, 0.29) is 5.97 Å². The van der Waals surface area contributed by atoms with Crippen molar-refractivity contribution in [2.24, 2.45) is 5.92 Å². The van der Waals surface area contributed by atoms with Gasteiger partial charge < -0.3 is 4.74 Å². The first-order valence-electron chi connectivity index (χ1n) is 5.98. The van der Waals surface area contributed by atoms with E-state index in [0.717, 1.165) is 6.42 Å². The molecule has 0 heterocycles. The van der Waals surface area contributed by atoms with E-state index in [2.05, 4.69) is 11.2 Å². The second-order valence-electron chi connectivity index (χ2n) is 4.61. The molecule has 1 rings (SSSR count). The van der Waals surface area contributed by atoms with Crippen LogP contribution in [0, 0.1) is 18.3 Å². The second kappa shape index (κ2) is 5.91. The van der Waals surface area contributed by atoms with Gasteiger partial charge in [-0.1, -0.05) is 25.2 Å². The zero-order chi connectivity index (χ0) is 12.0. The van der Waals surface area contributed by atoms with Gasteiger partial charge in [-0.2, -0.15) is 0 Å². The smallest absolute Gasteiger partial charge is 0.326 e. The highest BCUT2D eigenvalue weighted by atomic mass is 16.5. The molecule has 0 bridgehead atoms. The Morgan fingerprint density at radius 2 is 2.31 bits per heavy atom. The molecule has 0 aromatic rings. The summed E-state index contributed by atoms with van der Waals surface area (Å²) in [6, 6.07) is 0. The van der Waals surface area contributed by atoms with E-state index in [1.165, 1.54) is 19.3 Å². The summed E-state index contributed by atoms with van der Waals surface area (Å²) in [5.74, 6) is 2.97. The van der Waals surface area contributed by atoms with Crippen LogP contribution in [-0.2, 0) is 9.53 Å². The monoisotopic (exact) mass is 223 g/mol. The predicted molar refractivity (Wildman–Crippen MR) is 63.8 cm³/mol. The number of carbonyl (C=O) groups excluding carboxylic acids is 1. The van der Waals surface area contributed by atoms with Gasteiger partial charge in [-0.15, -0.1) is 6.42 Å². The van der Waals surface area contributed by atoms with Crippen molar-refractivity contribution in [3.63, 3.8) is 0 Å². The van der Waals surface area contributed by atoms with Gasteiger partial charge in [0.25, 0.3) is 0 Å². The number of rotatable bonds is 6. The molecule has 1 saturated carbocycles. The summed E-state index contributed by atoms with van der Waals surface area (Å²) < 4.78 is 5.10. The van der Waals surface area contributed by atoms with Crippen molar-refractivity contribution in [3.8, 4) is 12.3 Å². The van der Waals surface area contributed by atoms with Gasteiger partial charge in [0.15, 0.2) is 0 Å². The molecule has 0 radical (unpaired) electrons. The molecule has 16 heavy (non-hydrogen) atoms. The van der Waals surface area contributed by atoms with Crippen molar-refractivity contribution in [1.29, 1.82) is 0 Å². The van der Waals surface area contributed by atoms with E-state index >= 15 is 0 Å². The molecule has 0 aliphatic heterocycles. The van der Waals surface area contributed by atoms with Crippen molar-refractivity contribution < 1.29 is 9.53 Å². The first-order valence-corrected chi connectivity index (χ1v) is 5.98. The lowest BCUT2D eigenvalue weighted by atomic mass is 9.76. The van der Waals surface area contributed by atoms with E-state index in [1.54, 1.807) is 0 Å². The highest BCUT2D eigenvalue weighted by Crippen LogP contribution is 2.34. The van der Waals surface area contributed by atoms with Gasteiger partial charge in [-0.3, -0.25) is 10.1 Å². The van der Waals surface area contributed by atoms with Crippen molar-refractivity contribution >= 4 is 5.97 Å². The molecule has 3 heteroatoms. The number of hydrogen-bond donors (Lipinski definition) is 1. The van der Waals surface area contributed by atoms with E-state index in [0.29, 0.717) is 19.1 Å². The van der Waals surface area contributed by atoms with Crippen molar-refractivity contribution in [1.82, 2.24) is 5.32 Å². The Morgan fingerprint density at radius 1 is 1.62 bits per heavy atom. The van der Waals surface area contributed by atoms with E-state index in [4.69, 9.17) is 11.2 Å². The average molecular weight is 223 g/mol. The topological polar surface area (TPSA) is 38.3 Å². The maximum atomic E-state index is 11.9. The molecule has 0 spiro atoms. The quantitative estimate of drug-likeness (QED) is 0.550. The summed E-state index contributed by atoms with van der Waals surface area (Å²) in [6.45, 7) is 4.53. The van der Waals surface area contributed by atoms with Gasteiger partial charge in [-0.05, 0) is 26.2 Å². The first kappa shape index (κ1) is 13.1. The standard InChI is InChI=1S/C13H21NO2/c1-4-9-14-13(3,12(15)16-5-2)10-11-7-6-8-11/h1,11,14H,5-10H2,2-3H3. The summed E-state index contributed by atoms with van der Waals surface area (Å²) in [5.41, 5.74) is -0.618. The van der Waals surface area contributed by atoms with Gasteiger partial charge in [0.2, 0.25) is 0 Å². The summed E-state index contributed by atoms with van der Waals surface area (Å²) in [7, 11) is 0. The highest BCUT2D eigenvalue weighted by molar-refractivity contribution is 5.80. The molecule has 0 amide bonds. The van der Waals surface area contributed by atoms with Crippen LogP contribution in [0.2, 0.25) is 0 Å². The minimum absolute atomic E-state index is 0.183. The molecule has 0 saturated heterocycles. The lowest BCUT2D eigenvalue weighted by Gasteiger charge is -2.35. The molecule has 0 aromatic heterocycles. The average Bonchev–Trinajstić information content (AvgIpc) is 2.21. The van der Waals surface area contributed by atoms with Crippen LogP contribution in [0.1, 0.15) is 39.5 Å². The van der Waals surface area contributed by atoms with Crippen molar-refractivity contribution in [2.45, 2.75) is 45.1 Å². The van der Waals surface area contributed by atoms with Crippen molar-refractivity contribution in [2.75, 3.05) is 13.2 Å². The number of terminal acetylenes is 1. The van der Waals surface area contributed by atoms with Crippen LogP contribution >= 0.6 is 0 Å². The van der Waals surface area contributed by atoms with Crippen LogP contribution in [0.4, 0.5) is 0 Å². The summed E-state index contributed by atoms with van der Waals surface area (Å²) in [4.78, 5) is 11.9. The van der Waals surface area contributed by atoms with Gasteiger partial charge in [0.05, 0.1) is 13.2 Å². The van der Waals surface area contributed by atoms with Crippen LogP contribution in [0.5, 0.6) is 0 Å². The zero-order valence-corrected chi connectivity index (χ0v) is 10.2. The van der Waals surface area contributed by atoms with E-state index in [9.17, 15) is 4.79 Å². The maximum absolute atomic E-state index is 11.9. The molecule has 0 aromatic carbocycles. The number of hydrogen-bond acceptors (Lipinski definition) is 3. The molecule has 1 aliphatic carbocycles. The minimum Gasteiger partial charge on any atom is -0.465 e.